The molecule has 3 rings (SSSR count). The number of halogens is 11. The third kappa shape index (κ3) is 41.3. The van der Waals surface area contributed by atoms with Gasteiger partial charge in [0.05, 0.1) is 20.4 Å². The van der Waals surface area contributed by atoms with Crippen molar-refractivity contribution in [1.82, 2.24) is 0 Å². The molecule has 0 aliphatic rings. The van der Waals surface area contributed by atoms with Crippen molar-refractivity contribution in [3.8, 4) is 17.2 Å². The number of carbonyl (C=O) groups excluding carboxylic acids is 1. The predicted octanol–water partition coefficient (Wildman–Crippen LogP) is 9.66. The molecule has 3 aromatic rings. The molecule has 0 heterocycles. The van der Waals surface area contributed by atoms with Crippen LogP contribution in [0.15, 0.2) is 36.4 Å². The number of hydrogen-bond donors (Lipinski definition) is 1. The summed E-state index contributed by atoms with van der Waals surface area (Å²) in [6.45, 7) is 0.628. The molecule has 34 heteroatoms. The van der Waals surface area contributed by atoms with Gasteiger partial charge < -0.3 is 26.2 Å². The fourth-order valence-electron chi connectivity index (χ4n) is 2.51. The smallest absolute Gasteiger partial charge is 1.00 e. The van der Waals surface area contributed by atoms with E-state index in [0.717, 1.165) is 30.8 Å². The molecule has 59 heavy (non-hydrogen) atoms. The average molecular weight is 1530 g/mol. The molecular weight excluding hydrogens is 1490 g/mol. The van der Waals surface area contributed by atoms with E-state index in [-0.39, 0.29) is 178 Å². The molecule has 0 spiro atoms. The van der Waals surface area contributed by atoms with Gasteiger partial charge in [0.1, 0.15) is 17.5 Å². The van der Waals surface area contributed by atoms with E-state index in [1.807, 2.05) is 0 Å². The molecule has 3 aromatic carbocycles. The first-order valence-electron chi connectivity index (χ1n) is 14.2. The maximum absolute atomic E-state index is 13.5. The van der Waals surface area contributed by atoms with Crippen LogP contribution in [-0.4, -0.2) is 35.5 Å². The van der Waals surface area contributed by atoms with Gasteiger partial charge in [0.25, 0.3) is 6.47 Å². The fraction of sp³-hybridized carbons (Fsp3) is 0.240. The van der Waals surface area contributed by atoms with E-state index in [4.69, 9.17) is 24.6 Å². The van der Waals surface area contributed by atoms with E-state index in [9.17, 15) is 30.7 Å². The van der Waals surface area contributed by atoms with Crippen LogP contribution in [0.3, 0.4) is 0 Å². The normalized spacial score (nSPS) is 10.5. The number of ether oxygens (including phenoxy) is 2. The Morgan fingerprint density at radius 3 is 1.31 bits per heavy atom. The van der Waals surface area contributed by atoms with Crippen LogP contribution in [-0.2, 0) is 9.68 Å². The van der Waals surface area contributed by atoms with Gasteiger partial charge in [0.15, 0.2) is 40.5 Å². The molecule has 0 aliphatic carbocycles. The Morgan fingerprint density at radius 1 is 0.678 bits per heavy atom. The van der Waals surface area contributed by atoms with Crippen molar-refractivity contribution in [2.24, 2.45) is 0 Å². The maximum atomic E-state index is 13.5. The molecule has 0 fully saturated rings. The van der Waals surface area contributed by atoms with Crippen LogP contribution in [0, 0.1) is 47.9 Å². The molecule has 1 N–H and O–H groups in total. The van der Waals surface area contributed by atoms with Crippen LogP contribution < -0.4 is 118 Å². The number of aromatic hydroxyl groups is 1. The first kappa shape index (κ1) is 76.1. The third-order valence-corrected chi connectivity index (χ3v) is 75.9. The van der Waals surface area contributed by atoms with Gasteiger partial charge in [-0.15, -0.1) is 80.4 Å². The second kappa shape index (κ2) is 48.4. The minimum absolute atomic E-state index is 0. The van der Waals surface area contributed by atoms with Crippen LogP contribution in [0.4, 0.5) is 30.7 Å². The number of alkyl halides is 2. The van der Waals surface area contributed by atoms with E-state index >= 15 is 0 Å². The van der Waals surface area contributed by atoms with Gasteiger partial charge in [0, 0.05) is 41.3 Å². The third-order valence-electron chi connectivity index (χ3n) is 4.85. The zero-order chi connectivity index (χ0) is 44.8. The van der Waals surface area contributed by atoms with Gasteiger partial charge in [0.2, 0.25) is 0 Å². The van der Waals surface area contributed by atoms with Gasteiger partial charge in [-0.3, -0.25) is 4.79 Å². The first-order chi connectivity index (χ1) is 26.6. The van der Waals surface area contributed by atoms with Crippen molar-refractivity contribution >= 4 is 207 Å². The summed E-state index contributed by atoms with van der Waals surface area (Å²) in [5, 5.41) is 19.4. The van der Waals surface area contributed by atoms with E-state index in [1.54, 1.807) is 45.2 Å². The topological polar surface area (TPSA) is 88.1 Å². The van der Waals surface area contributed by atoms with Crippen molar-refractivity contribution in [2.75, 3.05) is 23.9 Å². The molecule has 330 valence electrons. The number of hydrogen-bond acceptors (Lipinski definition) is 6. The number of phenols is 1. The van der Waals surface area contributed by atoms with Crippen LogP contribution >= 0.6 is 200 Å². The number of phenolic OH excluding ortho intramolecular Hbond substituents is 1. The Hall–Kier alpha value is 8.14. The molecular formula is C25H40Br2F7I2K2O6P15. The minimum Gasteiger partial charge on any atom is -1.00 e. The minimum atomic E-state index is -1.15. The van der Waals surface area contributed by atoms with Crippen LogP contribution in [0.5, 0.6) is 17.2 Å². The summed E-state index contributed by atoms with van der Waals surface area (Å²) < 4.78 is 101. The monoisotopic (exact) mass is 1520 g/mol. The maximum Gasteiger partial charge on any atom is 1.00 e. The summed E-state index contributed by atoms with van der Waals surface area (Å²) in [5.74, 6) is -7.80. The van der Waals surface area contributed by atoms with Gasteiger partial charge in [-0.2, -0.15) is 0 Å². The van der Waals surface area contributed by atoms with Crippen LogP contribution in [0.25, 0.3) is 0 Å². The molecule has 0 amide bonds. The zero-order valence-electron chi connectivity index (χ0n) is 31.9. The summed E-state index contributed by atoms with van der Waals surface area (Å²) in [5.41, 5.74) is 0. The standard InChI is InChI=1S/C15H10F5IO2.C6H3F2IO.C3H6Br2.CH2O3.2K.H10P8.H9P7.H/c16-8-4-10(18)14(11(19)5-8)22-2-1-3-23-15-12(20)6-9(17)7-13(15)21;7-3-1-4(8)6(10)5(9)2-3;4-2-1-3-5;2-1-4-3;;;1-6(2)8(5)7(3)4;1-5-7(4)6(2)3;/h4-7H,1-3H2;1-2,10H;1-3H2;1,3H;;;1-5H2;5H,1-4H2;/q;;;;2*+1;;;-1/p-1. The van der Waals surface area contributed by atoms with Crippen molar-refractivity contribution in [3.05, 3.63) is 84.3 Å². The second-order valence-corrected chi connectivity index (χ2v) is 63.2. The Labute approximate surface area is 500 Å². The Balaban J connectivity index is -0.000000165. The summed E-state index contributed by atoms with van der Waals surface area (Å²) in [6.07, 6.45) is 1.41. The van der Waals surface area contributed by atoms with Crippen molar-refractivity contribution in [2.45, 2.75) is 12.8 Å². The summed E-state index contributed by atoms with van der Waals surface area (Å²) in [7, 11) is 26.8. The van der Waals surface area contributed by atoms with E-state index in [0.29, 0.717) is 24.3 Å². The molecule has 0 radical (unpaired) electrons. The van der Waals surface area contributed by atoms with E-state index in [2.05, 4.69) is 117 Å². The van der Waals surface area contributed by atoms with Crippen molar-refractivity contribution < 1.29 is 164 Å². The summed E-state index contributed by atoms with van der Waals surface area (Å²) >= 11 is 9.93. The fourth-order valence-corrected chi connectivity index (χ4v) is 50.1. The first-order valence-corrected chi connectivity index (χ1v) is 44.0. The summed E-state index contributed by atoms with van der Waals surface area (Å²) in [4.78, 5) is 11.2. The van der Waals surface area contributed by atoms with Crippen molar-refractivity contribution in [1.29, 1.82) is 0 Å². The van der Waals surface area contributed by atoms with Crippen LogP contribution in [0.1, 0.15) is 14.3 Å². The Kier molecular flexibility index (Phi) is 62.4. The van der Waals surface area contributed by atoms with E-state index < -0.39 is 52.2 Å². The SMILES string of the molecule is BrCCCBr.Fc1cc(F)c(OCCCOc2c(F)cc(F)cc2I)c(F)c1.O=CO[O-].Oc1c(F)cc(F)cc1I.PP(P)P(P)P(P)P.PPP(P)P(P)P.[H-].[K+].[K+]. The Bertz CT molecular complexity index is 1440. The number of rotatable bonds is 13. The van der Waals surface area contributed by atoms with Gasteiger partial charge in [-0.05, 0) is 98.7 Å². The number of benzene rings is 3. The largest absolute Gasteiger partial charge is 1.00 e. The average Bonchev–Trinajstić information content (AvgIpc) is 3.12. The van der Waals surface area contributed by atoms with Gasteiger partial charge >= 0.3 is 103 Å². The second-order valence-electron chi connectivity index (χ2n) is 9.02. The molecule has 0 aromatic heterocycles. The molecule has 0 bridgehead atoms. The van der Waals surface area contributed by atoms with E-state index in [1.165, 1.54) is 6.42 Å². The van der Waals surface area contributed by atoms with Crippen molar-refractivity contribution in [3.63, 3.8) is 0 Å². The predicted molar refractivity (Wildman–Crippen MR) is 293 cm³/mol. The molecule has 0 aliphatic heterocycles. The molecule has 11 unspecified atom stereocenters. The number of carbonyl (C=O) groups is 1. The summed E-state index contributed by atoms with van der Waals surface area (Å²) in [6, 6.07) is 4.50. The quantitative estimate of drug-likeness (QED) is 0.0211. The molecule has 0 saturated heterocycles. The van der Waals surface area contributed by atoms with Crippen LogP contribution in [0.2, 0.25) is 0 Å². The molecule has 6 nitrogen and oxygen atoms in total. The Morgan fingerprint density at radius 2 is 1.03 bits per heavy atom. The molecule has 11 atom stereocenters. The molecule has 0 saturated carbocycles. The van der Waals surface area contributed by atoms with Gasteiger partial charge in [-0.25, -0.2) is 30.7 Å². The van der Waals surface area contributed by atoms with Gasteiger partial charge in [-0.1, -0.05) is 39.8 Å². The zero-order valence-corrected chi connectivity index (χ0v) is 60.5.